The SMILES string of the molecule is CCCCCCSc1cc2nc3c4cc(C(C)(C)C)cc5c6nc7cc(SCCCCCC)c(SCCCCCC)cc7nc6c6cc(C(C)(C)C)cc(c3nc2cc1SCCCCCC)c6c45. The van der Waals surface area contributed by atoms with Gasteiger partial charge in [0, 0.05) is 51.9 Å². The van der Waals surface area contributed by atoms with Gasteiger partial charge in [-0.25, -0.2) is 19.9 Å². The number of aromatic nitrogens is 4. The van der Waals surface area contributed by atoms with Crippen LogP contribution in [0.25, 0.3) is 76.5 Å². The molecule has 2 heterocycles. The molecule has 0 bridgehead atoms. The van der Waals surface area contributed by atoms with Crippen molar-refractivity contribution in [2.75, 3.05) is 23.0 Å². The lowest BCUT2D eigenvalue weighted by Gasteiger charge is -2.25. The predicted octanol–water partition coefficient (Wildman–Crippen LogP) is 20.1. The van der Waals surface area contributed by atoms with E-state index in [2.05, 4.69) is 118 Å². The molecule has 0 unspecified atom stereocenters. The maximum Gasteiger partial charge on any atom is 0.0979 e. The summed E-state index contributed by atoms with van der Waals surface area (Å²) in [5, 5.41) is 7.15. The van der Waals surface area contributed by atoms with Gasteiger partial charge in [-0.05, 0) is 119 Å². The number of rotatable bonds is 24. The third kappa shape index (κ3) is 11.5. The zero-order chi connectivity index (χ0) is 48.0. The summed E-state index contributed by atoms with van der Waals surface area (Å²) < 4.78 is 0. The van der Waals surface area contributed by atoms with Gasteiger partial charge in [0.05, 0.1) is 44.1 Å². The zero-order valence-electron chi connectivity index (χ0n) is 43.2. The van der Waals surface area contributed by atoms with Crippen LogP contribution in [0.1, 0.15) is 183 Å². The molecule has 0 aliphatic carbocycles. The number of hydrogen-bond acceptors (Lipinski definition) is 8. The van der Waals surface area contributed by atoms with Gasteiger partial charge in [-0.15, -0.1) is 47.0 Å². The van der Waals surface area contributed by atoms with E-state index in [-0.39, 0.29) is 10.8 Å². The monoisotopic (exact) mass is 983 g/mol. The summed E-state index contributed by atoms with van der Waals surface area (Å²) in [5.41, 5.74) is 10.3. The summed E-state index contributed by atoms with van der Waals surface area (Å²) in [4.78, 5) is 28.4. The van der Waals surface area contributed by atoms with Crippen molar-refractivity contribution in [3.63, 3.8) is 0 Å². The maximum atomic E-state index is 5.73. The van der Waals surface area contributed by atoms with Gasteiger partial charge in [-0.1, -0.05) is 146 Å². The number of fused-ring (bicyclic) bond motifs is 8. The van der Waals surface area contributed by atoms with E-state index in [9.17, 15) is 0 Å². The molecule has 8 rings (SSSR count). The molecule has 0 radical (unpaired) electrons. The highest BCUT2D eigenvalue weighted by atomic mass is 32.2. The number of nitrogens with zero attached hydrogens (tertiary/aromatic N) is 4. The van der Waals surface area contributed by atoms with Gasteiger partial charge in [0.25, 0.3) is 0 Å². The fourth-order valence-electron chi connectivity index (χ4n) is 9.61. The quantitative estimate of drug-likeness (QED) is 0.0257. The molecule has 0 saturated carbocycles. The van der Waals surface area contributed by atoms with Crippen molar-refractivity contribution in [2.24, 2.45) is 0 Å². The van der Waals surface area contributed by atoms with E-state index in [1.165, 1.54) is 166 Å². The minimum absolute atomic E-state index is 0.104. The Morgan fingerprint density at radius 2 is 0.559 bits per heavy atom. The molecule has 0 spiro atoms. The number of benzene rings is 6. The van der Waals surface area contributed by atoms with Gasteiger partial charge in [0.1, 0.15) is 0 Å². The van der Waals surface area contributed by atoms with Crippen molar-refractivity contribution in [3.05, 3.63) is 59.7 Å². The standard InChI is InChI=1S/C60H78N4S4/c1-11-15-19-23-27-65-49-35-45-46(36-50(49)66-28-24-20-16-12-2)62-56-42-32-40(60(8,9)10)34-44-54(42)53-41(55(56)61-45)31-39(59(5,6)7)33-43(53)57-58(44)64-48-38-52(68-30-26-22-18-14-4)51(37-47(48)63-57)67-29-25-21-17-13-3/h31-38H,11-30H2,1-10H3. The predicted molar refractivity (Wildman–Crippen MR) is 308 cm³/mol. The van der Waals surface area contributed by atoms with Crippen LogP contribution in [0, 0.1) is 0 Å². The van der Waals surface area contributed by atoms with Gasteiger partial charge < -0.3 is 0 Å². The molecule has 0 fully saturated rings. The van der Waals surface area contributed by atoms with Crippen molar-refractivity contribution in [1.29, 1.82) is 0 Å². The second-order valence-electron chi connectivity index (χ2n) is 21.4. The minimum Gasteiger partial charge on any atom is -0.244 e. The van der Waals surface area contributed by atoms with E-state index in [0.29, 0.717) is 0 Å². The topological polar surface area (TPSA) is 51.6 Å². The molecule has 0 aliphatic rings. The van der Waals surface area contributed by atoms with Crippen molar-refractivity contribution in [1.82, 2.24) is 19.9 Å². The second kappa shape index (κ2) is 23.0. The molecule has 0 N–H and O–H groups in total. The molecule has 2 aromatic heterocycles. The Kier molecular flexibility index (Phi) is 17.4. The first-order valence-electron chi connectivity index (χ1n) is 26.5. The fourth-order valence-corrected chi connectivity index (χ4v) is 14.2. The van der Waals surface area contributed by atoms with Crippen LogP contribution in [0.5, 0.6) is 0 Å². The minimum atomic E-state index is -0.104. The van der Waals surface area contributed by atoms with Crippen LogP contribution in [0.4, 0.5) is 0 Å². The Morgan fingerprint density at radius 1 is 0.324 bits per heavy atom. The van der Waals surface area contributed by atoms with Gasteiger partial charge in [-0.3, -0.25) is 0 Å². The molecule has 0 saturated heterocycles. The van der Waals surface area contributed by atoms with Gasteiger partial charge in [-0.2, -0.15) is 0 Å². The first-order valence-corrected chi connectivity index (χ1v) is 30.4. The lowest BCUT2D eigenvalue weighted by atomic mass is 9.80. The average molecular weight is 984 g/mol. The van der Waals surface area contributed by atoms with Crippen LogP contribution in [0.3, 0.4) is 0 Å². The summed E-state index contributed by atoms with van der Waals surface area (Å²) in [6.07, 6.45) is 20.4. The zero-order valence-corrected chi connectivity index (χ0v) is 46.4. The third-order valence-corrected chi connectivity index (χ3v) is 18.6. The van der Waals surface area contributed by atoms with Crippen LogP contribution in [0.15, 0.2) is 68.1 Å². The number of thioether (sulfide) groups is 4. The Morgan fingerprint density at radius 3 is 0.765 bits per heavy atom. The lowest BCUT2D eigenvalue weighted by molar-refractivity contribution is 0.591. The van der Waals surface area contributed by atoms with E-state index in [0.717, 1.165) is 67.1 Å². The van der Waals surface area contributed by atoms with Gasteiger partial charge in [0.2, 0.25) is 0 Å². The molecule has 362 valence electrons. The molecule has 8 heteroatoms. The first-order chi connectivity index (χ1) is 32.8. The molecule has 0 aliphatic heterocycles. The van der Waals surface area contributed by atoms with E-state index in [1.807, 2.05) is 47.0 Å². The van der Waals surface area contributed by atoms with Crippen LogP contribution in [-0.2, 0) is 10.8 Å². The lowest BCUT2D eigenvalue weighted by Crippen LogP contribution is -2.12. The number of hydrogen-bond donors (Lipinski definition) is 0. The summed E-state index contributed by atoms with van der Waals surface area (Å²) >= 11 is 8.07. The highest BCUT2D eigenvalue weighted by Crippen LogP contribution is 2.48. The summed E-state index contributed by atoms with van der Waals surface area (Å²) in [6.45, 7) is 23.2. The highest BCUT2D eigenvalue weighted by Gasteiger charge is 2.27. The van der Waals surface area contributed by atoms with Crippen molar-refractivity contribution < 1.29 is 0 Å². The Balaban J connectivity index is 1.40. The Bertz CT molecular complexity index is 2620. The molecule has 0 atom stereocenters. The normalized spacial score (nSPS) is 12.8. The fraction of sp³-hybridized carbons (Fsp3) is 0.533. The number of unbranched alkanes of at least 4 members (excludes halogenated alkanes) is 12. The molecule has 8 aromatic rings. The summed E-state index contributed by atoms with van der Waals surface area (Å²) in [5.74, 6) is 4.53. The van der Waals surface area contributed by atoms with E-state index in [4.69, 9.17) is 19.9 Å². The molecule has 0 amide bonds. The van der Waals surface area contributed by atoms with Crippen molar-refractivity contribution >= 4 is 123 Å². The Labute approximate surface area is 425 Å². The van der Waals surface area contributed by atoms with Crippen LogP contribution >= 0.6 is 47.0 Å². The largest absolute Gasteiger partial charge is 0.244 e. The maximum absolute atomic E-state index is 5.73. The van der Waals surface area contributed by atoms with Gasteiger partial charge in [0.15, 0.2) is 0 Å². The second-order valence-corrected chi connectivity index (χ2v) is 26.0. The van der Waals surface area contributed by atoms with Crippen molar-refractivity contribution in [3.8, 4) is 0 Å². The Hall–Kier alpha value is -3.04. The summed E-state index contributed by atoms with van der Waals surface area (Å²) in [6, 6.07) is 19.2. The molecular weight excluding hydrogens is 905 g/mol. The molecule has 6 aromatic carbocycles. The molecule has 4 nitrogen and oxygen atoms in total. The van der Waals surface area contributed by atoms with Crippen LogP contribution in [0.2, 0.25) is 0 Å². The van der Waals surface area contributed by atoms with E-state index in [1.54, 1.807) is 0 Å². The molecular formula is C60H78N4S4. The van der Waals surface area contributed by atoms with Crippen LogP contribution < -0.4 is 0 Å². The first kappa shape index (κ1) is 51.3. The van der Waals surface area contributed by atoms with Crippen LogP contribution in [-0.4, -0.2) is 42.9 Å². The van der Waals surface area contributed by atoms with E-state index >= 15 is 0 Å². The van der Waals surface area contributed by atoms with Gasteiger partial charge >= 0.3 is 0 Å². The van der Waals surface area contributed by atoms with Crippen molar-refractivity contribution in [2.45, 2.75) is 202 Å². The summed E-state index contributed by atoms with van der Waals surface area (Å²) in [7, 11) is 0. The van der Waals surface area contributed by atoms with E-state index < -0.39 is 0 Å². The smallest absolute Gasteiger partial charge is 0.0979 e. The molecule has 68 heavy (non-hydrogen) atoms. The average Bonchev–Trinajstić information content (AvgIpc) is 3.31. The third-order valence-electron chi connectivity index (χ3n) is 13.8. The highest BCUT2D eigenvalue weighted by molar-refractivity contribution is 8.02.